The lowest BCUT2D eigenvalue weighted by Crippen LogP contribution is -2.12. The molecule has 1 aromatic carbocycles. The van der Waals surface area contributed by atoms with E-state index in [4.69, 9.17) is 5.73 Å². The standard InChI is InChI=1S/C14H16BrNS/c1-9-3-5-11(6-4-9)8-13(16)14-12(15)7-10(2)17-14/h3-7,13H,8,16H2,1-2H3. The highest BCUT2D eigenvalue weighted by Crippen LogP contribution is 2.32. The Balaban J connectivity index is 2.14. The largest absolute Gasteiger partial charge is 0.323 e. The van der Waals surface area contributed by atoms with E-state index in [9.17, 15) is 0 Å². The Morgan fingerprint density at radius 1 is 1.24 bits per heavy atom. The zero-order chi connectivity index (χ0) is 12.4. The van der Waals surface area contributed by atoms with Crippen LogP contribution in [0.15, 0.2) is 34.8 Å². The zero-order valence-corrected chi connectivity index (χ0v) is 12.4. The van der Waals surface area contributed by atoms with Gasteiger partial charge in [-0.2, -0.15) is 0 Å². The van der Waals surface area contributed by atoms with Crippen LogP contribution in [-0.4, -0.2) is 0 Å². The summed E-state index contributed by atoms with van der Waals surface area (Å²) in [5, 5.41) is 0. The molecule has 2 aromatic rings. The molecule has 2 rings (SSSR count). The fourth-order valence-corrected chi connectivity index (χ4v) is 3.77. The first-order chi connectivity index (χ1) is 8.06. The fraction of sp³-hybridized carbons (Fsp3) is 0.286. The Hall–Kier alpha value is -0.640. The van der Waals surface area contributed by atoms with E-state index in [0.29, 0.717) is 0 Å². The molecule has 1 atom stereocenters. The maximum absolute atomic E-state index is 6.26. The summed E-state index contributed by atoms with van der Waals surface area (Å²) in [6, 6.07) is 10.8. The topological polar surface area (TPSA) is 26.0 Å². The molecule has 0 fully saturated rings. The summed E-state index contributed by atoms with van der Waals surface area (Å²) < 4.78 is 1.14. The summed E-state index contributed by atoms with van der Waals surface area (Å²) in [5.74, 6) is 0. The first-order valence-corrected chi connectivity index (χ1v) is 7.24. The van der Waals surface area contributed by atoms with E-state index >= 15 is 0 Å². The monoisotopic (exact) mass is 309 g/mol. The molecule has 0 amide bonds. The quantitative estimate of drug-likeness (QED) is 0.895. The molecule has 0 aliphatic rings. The summed E-state index contributed by atoms with van der Waals surface area (Å²) in [7, 11) is 0. The molecule has 0 aliphatic carbocycles. The Bertz CT molecular complexity index is 501. The molecule has 2 N–H and O–H groups in total. The molecule has 0 aliphatic heterocycles. The van der Waals surface area contributed by atoms with Gasteiger partial charge in [0.2, 0.25) is 0 Å². The van der Waals surface area contributed by atoms with Crippen molar-refractivity contribution < 1.29 is 0 Å². The molecule has 17 heavy (non-hydrogen) atoms. The first-order valence-electron chi connectivity index (χ1n) is 5.63. The zero-order valence-electron chi connectivity index (χ0n) is 10.0. The Labute approximate surface area is 115 Å². The van der Waals surface area contributed by atoms with Crippen molar-refractivity contribution in [1.82, 2.24) is 0 Å². The minimum Gasteiger partial charge on any atom is -0.323 e. The highest BCUT2D eigenvalue weighted by Gasteiger charge is 2.13. The number of rotatable bonds is 3. The minimum absolute atomic E-state index is 0.0748. The van der Waals surface area contributed by atoms with Crippen molar-refractivity contribution in [3.63, 3.8) is 0 Å². The maximum atomic E-state index is 6.26. The molecule has 0 saturated carbocycles. The van der Waals surface area contributed by atoms with Crippen LogP contribution in [0, 0.1) is 13.8 Å². The average Bonchev–Trinajstić information content (AvgIpc) is 2.61. The second kappa shape index (κ2) is 5.34. The summed E-state index contributed by atoms with van der Waals surface area (Å²) >= 11 is 5.35. The number of thiophene rings is 1. The van der Waals surface area contributed by atoms with Crippen LogP contribution in [0.4, 0.5) is 0 Å². The van der Waals surface area contributed by atoms with E-state index in [1.807, 2.05) is 0 Å². The van der Waals surface area contributed by atoms with Gasteiger partial charge in [0, 0.05) is 20.3 Å². The summed E-state index contributed by atoms with van der Waals surface area (Å²) in [6.07, 6.45) is 0.888. The highest BCUT2D eigenvalue weighted by molar-refractivity contribution is 9.10. The summed E-state index contributed by atoms with van der Waals surface area (Å²) in [6.45, 7) is 4.21. The van der Waals surface area contributed by atoms with Gasteiger partial charge < -0.3 is 5.73 Å². The summed E-state index contributed by atoms with van der Waals surface area (Å²) in [4.78, 5) is 2.54. The van der Waals surface area contributed by atoms with Gasteiger partial charge in [-0.15, -0.1) is 11.3 Å². The molecule has 1 heterocycles. The highest BCUT2D eigenvalue weighted by atomic mass is 79.9. The summed E-state index contributed by atoms with van der Waals surface area (Å²) in [5.41, 5.74) is 8.84. The van der Waals surface area contributed by atoms with Crippen molar-refractivity contribution in [3.8, 4) is 0 Å². The van der Waals surface area contributed by atoms with Crippen LogP contribution < -0.4 is 5.73 Å². The van der Waals surface area contributed by atoms with Crippen molar-refractivity contribution in [2.75, 3.05) is 0 Å². The second-order valence-electron chi connectivity index (χ2n) is 4.37. The van der Waals surface area contributed by atoms with Gasteiger partial charge >= 0.3 is 0 Å². The lowest BCUT2D eigenvalue weighted by Gasteiger charge is -2.10. The third-order valence-electron chi connectivity index (χ3n) is 2.75. The van der Waals surface area contributed by atoms with E-state index < -0.39 is 0 Å². The molecular weight excluding hydrogens is 294 g/mol. The molecular formula is C14H16BrNS. The fourth-order valence-electron chi connectivity index (χ4n) is 1.82. The number of hydrogen-bond donors (Lipinski definition) is 1. The van der Waals surface area contributed by atoms with Gasteiger partial charge in [-0.05, 0) is 47.8 Å². The van der Waals surface area contributed by atoms with Crippen molar-refractivity contribution >= 4 is 27.3 Å². The molecule has 3 heteroatoms. The number of halogens is 1. The van der Waals surface area contributed by atoms with Crippen LogP contribution in [0.3, 0.4) is 0 Å². The van der Waals surface area contributed by atoms with Gasteiger partial charge in [-0.1, -0.05) is 29.8 Å². The Morgan fingerprint density at radius 2 is 1.88 bits per heavy atom. The van der Waals surface area contributed by atoms with Crippen LogP contribution in [-0.2, 0) is 6.42 Å². The number of benzene rings is 1. The van der Waals surface area contributed by atoms with E-state index in [2.05, 4.69) is 60.1 Å². The number of aryl methyl sites for hydroxylation is 2. The van der Waals surface area contributed by atoms with Crippen LogP contribution in [0.1, 0.15) is 26.9 Å². The van der Waals surface area contributed by atoms with Gasteiger partial charge in [-0.3, -0.25) is 0 Å². The SMILES string of the molecule is Cc1ccc(CC(N)c2sc(C)cc2Br)cc1. The third kappa shape index (κ3) is 3.18. The van der Waals surface area contributed by atoms with E-state index in [1.165, 1.54) is 20.9 Å². The van der Waals surface area contributed by atoms with E-state index in [0.717, 1.165) is 10.9 Å². The van der Waals surface area contributed by atoms with Crippen molar-refractivity contribution in [2.45, 2.75) is 26.3 Å². The van der Waals surface area contributed by atoms with Gasteiger partial charge in [0.05, 0.1) is 0 Å². The van der Waals surface area contributed by atoms with Crippen LogP contribution in [0.5, 0.6) is 0 Å². The Kier molecular flexibility index (Phi) is 4.02. The molecule has 1 nitrogen and oxygen atoms in total. The number of nitrogens with two attached hydrogens (primary N) is 1. The molecule has 1 aromatic heterocycles. The van der Waals surface area contributed by atoms with Crippen molar-refractivity contribution in [2.24, 2.45) is 5.73 Å². The molecule has 0 saturated heterocycles. The average molecular weight is 310 g/mol. The van der Waals surface area contributed by atoms with Crippen LogP contribution in [0.2, 0.25) is 0 Å². The minimum atomic E-state index is 0.0748. The van der Waals surface area contributed by atoms with Crippen molar-refractivity contribution in [1.29, 1.82) is 0 Å². The van der Waals surface area contributed by atoms with Crippen LogP contribution >= 0.6 is 27.3 Å². The predicted molar refractivity (Wildman–Crippen MR) is 78.6 cm³/mol. The van der Waals surface area contributed by atoms with Gasteiger partial charge in [-0.25, -0.2) is 0 Å². The second-order valence-corrected chi connectivity index (χ2v) is 6.51. The normalized spacial score (nSPS) is 12.7. The molecule has 0 spiro atoms. The van der Waals surface area contributed by atoms with E-state index in [1.54, 1.807) is 11.3 Å². The molecule has 90 valence electrons. The molecule has 1 unspecified atom stereocenters. The van der Waals surface area contributed by atoms with Gasteiger partial charge in [0.25, 0.3) is 0 Å². The predicted octanol–water partition coefficient (Wildman–Crippen LogP) is 4.37. The molecule has 0 radical (unpaired) electrons. The lowest BCUT2D eigenvalue weighted by atomic mass is 10.0. The van der Waals surface area contributed by atoms with Crippen molar-refractivity contribution in [3.05, 3.63) is 55.7 Å². The van der Waals surface area contributed by atoms with Gasteiger partial charge in [0.1, 0.15) is 0 Å². The third-order valence-corrected chi connectivity index (χ3v) is 4.85. The smallest absolute Gasteiger partial charge is 0.0442 e. The van der Waals surface area contributed by atoms with Gasteiger partial charge in [0.15, 0.2) is 0 Å². The maximum Gasteiger partial charge on any atom is 0.0442 e. The molecule has 0 bridgehead atoms. The number of hydrogen-bond acceptors (Lipinski definition) is 2. The van der Waals surface area contributed by atoms with E-state index in [-0.39, 0.29) is 6.04 Å². The Morgan fingerprint density at radius 3 is 2.41 bits per heavy atom. The van der Waals surface area contributed by atoms with Crippen LogP contribution in [0.25, 0.3) is 0 Å². The first kappa shape index (κ1) is 12.8. The lowest BCUT2D eigenvalue weighted by molar-refractivity contribution is 0.733.